The van der Waals surface area contributed by atoms with Crippen molar-refractivity contribution in [3.63, 3.8) is 0 Å². The Bertz CT molecular complexity index is 432. The van der Waals surface area contributed by atoms with Gasteiger partial charge in [-0.1, -0.05) is 17.3 Å². The molecule has 0 aliphatic heterocycles. The molecule has 14 heavy (non-hydrogen) atoms. The van der Waals surface area contributed by atoms with Gasteiger partial charge in [-0.3, -0.25) is 0 Å². The maximum absolute atomic E-state index is 8.40. The van der Waals surface area contributed by atoms with Crippen molar-refractivity contribution in [3.8, 4) is 5.69 Å². The van der Waals surface area contributed by atoms with Crippen LogP contribution in [0, 0.1) is 0 Å². The minimum atomic E-state index is 0.874. The number of benzene rings is 1. The summed E-state index contributed by atoms with van der Waals surface area (Å²) in [7, 11) is 0. The van der Waals surface area contributed by atoms with Crippen LogP contribution in [-0.2, 0) is 0 Å². The second-order valence-corrected chi connectivity index (χ2v) is 2.93. The minimum Gasteiger partial charge on any atom is -0.411 e. The Morgan fingerprint density at radius 3 is 2.64 bits per heavy atom. The lowest BCUT2D eigenvalue weighted by molar-refractivity contribution is 0.322. The summed E-state index contributed by atoms with van der Waals surface area (Å²) in [6, 6.07) is 11.7. The smallest absolute Gasteiger partial charge is 0.0734 e. The first-order valence-corrected chi connectivity index (χ1v) is 4.31. The molecule has 1 aromatic carbocycles. The summed E-state index contributed by atoms with van der Waals surface area (Å²) in [6.07, 6.45) is 5.34. The zero-order valence-electron chi connectivity index (χ0n) is 7.54. The average molecular weight is 186 g/mol. The van der Waals surface area contributed by atoms with Gasteiger partial charge in [0.25, 0.3) is 0 Å². The van der Waals surface area contributed by atoms with E-state index < -0.39 is 0 Å². The van der Waals surface area contributed by atoms with E-state index in [2.05, 4.69) is 5.16 Å². The number of aromatic nitrogens is 1. The number of hydrogen-bond acceptors (Lipinski definition) is 2. The summed E-state index contributed by atoms with van der Waals surface area (Å²) in [5.41, 5.74) is 1.92. The van der Waals surface area contributed by atoms with Gasteiger partial charge in [0.1, 0.15) is 0 Å². The van der Waals surface area contributed by atoms with E-state index in [1.54, 1.807) is 0 Å². The molecule has 2 rings (SSSR count). The molecule has 0 amide bonds. The first kappa shape index (κ1) is 8.56. The first-order chi connectivity index (χ1) is 6.90. The molecule has 1 aromatic heterocycles. The molecule has 0 aliphatic carbocycles. The zero-order chi connectivity index (χ0) is 9.80. The Hall–Kier alpha value is -2.03. The lowest BCUT2D eigenvalue weighted by Crippen LogP contribution is -1.90. The second-order valence-electron chi connectivity index (χ2n) is 2.93. The Morgan fingerprint density at radius 2 is 1.93 bits per heavy atom. The highest BCUT2D eigenvalue weighted by Gasteiger charge is 1.94. The molecular formula is C11H10N2O. The quantitative estimate of drug-likeness (QED) is 0.436. The SMILES string of the molecule is ON=Cc1cccc(-n2cccc2)c1. The van der Waals surface area contributed by atoms with Crippen LogP contribution in [0.1, 0.15) is 5.56 Å². The molecule has 0 bridgehead atoms. The third kappa shape index (κ3) is 1.66. The molecular weight excluding hydrogens is 176 g/mol. The van der Waals surface area contributed by atoms with Crippen molar-refractivity contribution in [2.75, 3.05) is 0 Å². The molecule has 0 unspecified atom stereocenters. The van der Waals surface area contributed by atoms with Crippen LogP contribution in [0.4, 0.5) is 0 Å². The third-order valence-corrected chi connectivity index (χ3v) is 1.98. The lowest BCUT2D eigenvalue weighted by atomic mass is 10.2. The van der Waals surface area contributed by atoms with E-state index >= 15 is 0 Å². The van der Waals surface area contributed by atoms with Crippen LogP contribution in [-0.4, -0.2) is 16.0 Å². The summed E-state index contributed by atoms with van der Waals surface area (Å²) in [4.78, 5) is 0. The standard InChI is InChI=1S/C11H10N2O/c14-12-9-10-4-3-5-11(8-10)13-6-1-2-7-13/h1-9,14H. The molecule has 3 heteroatoms. The number of rotatable bonds is 2. The molecule has 0 fully saturated rings. The van der Waals surface area contributed by atoms with E-state index in [1.807, 2.05) is 53.4 Å². The maximum atomic E-state index is 8.40. The monoisotopic (exact) mass is 186 g/mol. The van der Waals surface area contributed by atoms with Gasteiger partial charge in [-0.2, -0.15) is 0 Å². The predicted molar refractivity (Wildman–Crippen MR) is 55.1 cm³/mol. The number of hydrogen-bond donors (Lipinski definition) is 1. The third-order valence-electron chi connectivity index (χ3n) is 1.98. The van der Waals surface area contributed by atoms with E-state index in [9.17, 15) is 0 Å². The van der Waals surface area contributed by atoms with Crippen molar-refractivity contribution in [3.05, 3.63) is 54.4 Å². The minimum absolute atomic E-state index is 0.874. The van der Waals surface area contributed by atoms with Crippen LogP contribution in [0.25, 0.3) is 5.69 Å². The average Bonchev–Trinajstić information content (AvgIpc) is 2.71. The highest BCUT2D eigenvalue weighted by Crippen LogP contribution is 2.09. The highest BCUT2D eigenvalue weighted by atomic mass is 16.4. The van der Waals surface area contributed by atoms with Crippen molar-refractivity contribution in [2.45, 2.75) is 0 Å². The number of oxime groups is 1. The van der Waals surface area contributed by atoms with Gasteiger partial charge >= 0.3 is 0 Å². The van der Waals surface area contributed by atoms with E-state index in [1.165, 1.54) is 6.21 Å². The summed E-state index contributed by atoms with van der Waals surface area (Å²) < 4.78 is 1.99. The van der Waals surface area contributed by atoms with Crippen molar-refractivity contribution in [1.82, 2.24) is 4.57 Å². The van der Waals surface area contributed by atoms with Gasteiger partial charge in [-0.15, -0.1) is 0 Å². The van der Waals surface area contributed by atoms with Gasteiger partial charge in [-0.05, 0) is 29.8 Å². The van der Waals surface area contributed by atoms with Crippen LogP contribution in [0.2, 0.25) is 0 Å². The molecule has 70 valence electrons. The fourth-order valence-corrected chi connectivity index (χ4v) is 1.34. The molecule has 1 heterocycles. The summed E-state index contributed by atoms with van der Waals surface area (Å²) >= 11 is 0. The van der Waals surface area contributed by atoms with Crippen molar-refractivity contribution >= 4 is 6.21 Å². The molecule has 0 atom stereocenters. The Balaban J connectivity index is 2.40. The molecule has 0 saturated carbocycles. The Labute approximate surface area is 81.9 Å². The van der Waals surface area contributed by atoms with Crippen LogP contribution in [0.15, 0.2) is 53.9 Å². The normalized spacial score (nSPS) is 10.9. The Morgan fingerprint density at radius 1 is 1.14 bits per heavy atom. The molecule has 1 N–H and O–H groups in total. The van der Waals surface area contributed by atoms with Crippen molar-refractivity contribution in [1.29, 1.82) is 0 Å². The molecule has 0 spiro atoms. The fourth-order valence-electron chi connectivity index (χ4n) is 1.34. The molecule has 0 radical (unpaired) electrons. The van der Waals surface area contributed by atoms with E-state index in [-0.39, 0.29) is 0 Å². The predicted octanol–water partition coefficient (Wildman–Crippen LogP) is 2.29. The van der Waals surface area contributed by atoms with Gasteiger partial charge in [0.05, 0.1) is 6.21 Å². The summed E-state index contributed by atoms with van der Waals surface area (Å²) in [5.74, 6) is 0. The Kier molecular flexibility index (Phi) is 2.32. The molecule has 0 aliphatic rings. The van der Waals surface area contributed by atoms with Crippen LogP contribution in [0.5, 0.6) is 0 Å². The largest absolute Gasteiger partial charge is 0.411 e. The van der Waals surface area contributed by atoms with Crippen LogP contribution in [0.3, 0.4) is 0 Å². The van der Waals surface area contributed by atoms with Gasteiger partial charge in [0.15, 0.2) is 0 Å². The van der Waals surface area contributed by atoms with E-state index in [0.29, 0.717) is 0 Å². The van der Waals surface area contributed by atoms with Gasteiger partial charge < -0.3 is 9.77 Å². The molecule has 0 saturated heterocycles. The topological polar surface area (TPSA) is 37.5 Å². The van der Waals surface area contributed by atoms with E-state index in [4.69, 9.17) is 5.21 Å². The molecule has 3 nitrogen and oxygen atoms in total. The van der Waals surface area contributed by atoms with Gasteiger partial charge in [0, 0.05) is 18.1 Å². The van der Waals surface area contributed by atoms with Gasteiger partial charge in [0.2, 0.25) is 0 Å². The highest BCUT2D eigenvalue weighted by molar-refractivity contribution is 5.79. The van der Waals surface area contributed by atoms with Crippen LogP contribution < -0.4 is 0 Å². The lowest BCUT2D eigenvalue weighted by Gasteiger charge is -2.02. The van der Waals surface area contributed by atoms with Crippen LogP contribution >= 0.6 is 0 Å². The fraction of sp³-hybridized carbons (Fsp3) is 0. The summed E-state index contributed by atoms with van der Waals surface area (Å²) in [6.45, 7) is 0. The van der Waals surface area contributed by atoms with Crippen molar-refractivity contribution in [2.24, 2.45) is 5.16 Å². The summed E-state index contributed by atoms with van der Waals surface area (Å²) in [5, 5.41) is 11.4. The first-order valence-electron chi connectivity index (χ1n) is 4.31. The maximum Gasteiger partial charge on any atom is 0.0734 e. The molecule has 2 aromatic rings. The zero-order valence-corrected chi connectivity index (χ0v) is 7.54. The number of nitrogens with zero attached hydrogens (tertiary/aromatic N) is 2. The van der Waals surface area contributed by atoms with Gasteiger partial charge in [-0.25, -0.2) is 0 Å². The van der Waals surface area contributed by atoms with Crippen molar-refractivity contribution < 1.29 is 5.21 Å². The van der Waals surface area contributed by atoms with E-state index in [0.717, 1.165) is 11.3 Å². The second kappa shape index (κ2) is 3.79.